The van der Waals surface area contributed by atoms with E-state index in [4.69, 9.17) is 5.26 Å². The Morgan fingerprint density at radius 3 is 2.04 bits per heavy atom. The minimum atomic E-state index is -3.42. The molecular weight excluding hydrogens is 372 g/mol. The summed E-state index contributed by atoms with van der Waals surface area (Å²) in [6.45, 7) is 10.1. The standard InChI is InChI=1S/C21H26N4O2S/c1-14(2)18-7-6-8-19(15(3)4)20(18)24-21(26)25-28(27,23-13-22)17-11-9-16(5)10-12-17/h6-12,14-15H,1-5H3,(H2,23,24,25,26,27). The van der Waals surface area contributed by atoms with Gasteiger partial charge >= 0.3 is 6.03 Å². The molecule has 2 amide bonds. The van der Waals surface area contributed by atoms with Gasteiger partial charge in [-0.25, -0.2) is 13.7 Å². The second-order valence-corrected chi connectivity index (χ2v) is 9.12. The molecule has 2 N–H and O–H groups in total. The first-order valence-corrected chi connectivity index (χ1v) is 10.6. The Bertz CT molecular complexity index is 985. The van der Waals surface area contributed by atoms with E-state index in [9.17, 15) is 9.00 Å². The van der Waals surface area contributed by atoms with E-state index in [2.05, 4.69) is 14.4 Å². The van der Waals surface area contributed by atoms with Gasteiger partial charge in [0.25, 0.3) is 0 Å². The van der Waals surface area contributed by atoms with Crippen LogP contribution in [-0.2, 0) is 9.92 Å². The molecule has 28 heavy (non-hydrogen) atoms. The van der Waals surface area contributed by atoms with Crippen molar-refractivity contribution in [2.24, 2.45) is 4.36 Å². The number of nitrogens with one attached hydrogen (secondary N) is 2. The second-order valence-electron chi connectivity index (χ2n) is 7.21. The Morgan fingerprint density at radius 2 is 1.57 bits per heavy atom. The van der Waals surface area contributed by atoms with Crippen molar-refractivity contribution in [1.29, 1.82) is 5.26 Å². The third kappa shape index (κ3) is 4.90. The summed E-state index contributed by atoms with van der Waals surface area (Å²) in [6, 6.07) is 11.9. The van der Waals surface area contributed by atoms with Crippen LogP contribution in [0.3, 0.4) is 0 Å². The number of nitrogens with zero attached hydrogens (tertiary/aromatic N) is 2. The molecular formula is C21H26N4O2S. The van der Waals surface area contributed by atoms with Gasteiger partial charge in [0.05, 0.1) is 4.90 Å². The highest BCUT2D eigenvalue weighted by Crippen LogP contribution is 2.32. The fourth-order valence-corrected chi connectivity index (χ4v) is 4.07. The molecule has 2 aromatic rings. The number of carbonyl (C=O) groups excluding carboxylic acids is 1. The highest BCUT2D eigenvalue weighted by molar-refractivity contribution is 7.92. The fourth-order valence-electron chi connectivity index (χ4n) is 2.87. The maximum Gasteiger partial charge on any atom is 0.331 e. The van der Waals surface area contributed by atoms with Crippen LogP contribution in [0.15, 0.2) is 51.7 Å². The average molecular weight is 399 g/mol. The highest BCUT2D eigenvalue weighted by Gasteiger charge is 2.20. The molecule has 0 aliphatic rings. The van der Waals surface area contributed by atoms with Crippen LogP contribution < -0.4 is 10.0 Å². The quantitative estimate of drug-likeness (QED) is 0.670. The zero-order chi connectivity index (χ0) is 20.9. The number of nitriles is 1. The van der Waals surface area contributed by atoms with Gasteiger partial charge in [0.2, 0.25) is 6.19 Å². The van der Waals surface area contributed by atoms with Crippen LogP contribution in [0, 0.1) is 18.4 Å². The van der Waals surface area contributed by atoms with E-state index in [1.165, 1.54) is 0 Å². The van der Waals surface area contributed by atoms with Crippen LogP contribution in [0.2, 0.25) is 0 Å². The van der Waals surface area contributed by atoms with E-state index in [1.807, 2.05) is 52.8 Å². The summed E-state index contributed by atoms with van der Waals surface area (Å²) in [5.74, 6) is 0.388. The molecule has 7 heteroatoms. The molecule has 1 atom stereocenters. The van der Waals surface area contributed by atoms with Crippen molar-refractivity contribution in [3.8, 4) is 6.19 Å². The number of amides is 2. The predicted molar refractivity (Wildman–Crippen MR) is 112 cm³/mol. The van der Waals surface area contributed by atoms with Crippen molar-refractivity contribution in [2.45, 2.75) is 51.3 Å². The lowest BCUT2D eigenvalue weighted by atomic mass is 9.93. The largest absolute Gasteiger partial charge is 0.331 e. The van der Waals surface area contributed by atoms with E-state index >= 15 is 0 Å². The molecule has 0 fully saturated rings. The number of hydrogen-bond donors (Lipinski definition) is 2. The first-order valence-electron chi connectivity index (χ1n) is 9.11. The van der Waals surface area contributed by atoms with Crippen LogP contribution in [0.5, 0.6) is 0 Å². The normalized spacial score (nSPS) is 12.9. The minimum absolute atomic E-state index is 0.194. The first-order chi connectivity index (χ1) is 13.2. The predicted octanol–water partition coefficient (Wildman–Crippen LogP) is 5.29. The van der Waals surface area contributed by atoms with Gasteiger partial charge in [-0.05, 0) is 42.0 Å². The Morgan fingerprint density at radius 1 is 1.04 bits per heavy atom. The smallest absolute Gasteiger partial charge is 0.307 e. The zero-order valence-corrected chi connectivity index (χ0v) is 17.6. The minimum Gasteiger partial charge on any atom is -0.307 e. The molecule has 6 nitrogen and oxygen atoms in total. The average Bonchev–Trinajstić information content (AvgIpc) is 2.61. The summed E-state index contributed by atoms with van der Waals surface area (Å²) in [5.41, 5.74) is 3.65. The molecule has 0 saturated carbocycles. The monoisotopic (exact) mass is 398 g/mol. The number of urea groups is 1. The van der Waals surface area contributed by atoms with Crippen molar-refractivity contribution >= 4 is 21.6 Å². The van der Waals surface area contributed by atoms with Crippen molar-refractivity contribution in [1.82, 2.24) is 4.72 Å². The van der Waals surface area contributed by atoms with Crippen LogP contribution in [0.4, 0.5) is 10.5 Å². The second kappa shape index (κ2) is 8.89. The number of benzene rings is 2. The van der Waals surface area contributed by atoms with E-state index < -0.39 is 15.9 Å². The molecule has 148 valence electrons. The molecule has 0 spiro atoms. The van der Waals surface area contributed by atoms with Gasteiger partial charge in [-0.1, -0.05) is 68.0 Å². The molecule has 0 aliphatic heterocycles. The number of para-hydroxylation sites is 1. The van der Waals surface area contributed by atoms with Crippen molar-refractivity contribution in [2.75, 3.05) is 5.32 Å². The molecule has 2 aromatic carbocycles. The van der Waals surface area contributed by atoms with Gasteiger partial charge in [-0.3, -0.25) is 0 Å². The molecule has 0 radical (unpaired) electrons. The lowest BCUT2D eigenvalue weighted by molar-refractivity contribution is 0.256. The third-order valence-electron chi connectivity index (χ3n) is 4.35. The van der Waals surface area contributed by atoms with Gasteiger partial charge in [-0.15, -0.1) is 0 Å². The van der Waals surface area contributed by atoms with Gasteiger partial charge in [0.15, 0.2) is 9.92 Å². The van der Waals surface area contributed by atoms with Crippen LogP contribution in [0.1, 0.15) is 56.2 Å². The van der Waals surface area contributed by atoms with Crippen LogP contribution in [0.25, 0.3) is 0 Å². The van der Waals surface area contributed by atoms with Crippen molar-refractivity contribution in [3.05, 3.63) is 59.2 Å². The molecule has 1 unspecified atom stereocenters. The summed E-state index contributed by atoms with van der Waals surface area (Å²) in [4.78, 5) is 13.0. The fraction of sp³-hybridized carbons (Fsp3) is 0.333. The Labute approximate surface area is 167 Å². The summed E-state index contributed by atoms with van der Waals surface area (Å²) >= 11 is 0. The van der Waals surface area contributed by atoms with Gasteiger partial charge in [0, 0.05) is 5.69 Å². The lowest BCUT2D eigenvalue weighted by Gasteiger charge is -2.20. The highest BCUT2D eigenvalue weighted by atomic mass is 32.2. The van der Waals surface area contributed by atoms with E-state index in [-0.39, 0.29) is 16.7 Å². The third-order valence-corrected chi connectivity index (χ3v) is 6.06. The molecule has 0 aliphatic carbocycles. The van der Waals surface area contributed by atoms with E-state index in [0.717, 1.165) is 16.7 Å². The van der Waals surface area contributed by atoms with Gasteiger partial charge in [-0.2, -0.15) is 5.26 Å². The zero-order valence-electron chi connectivity index (χ0n) is 16.8. The summed E-state index contributed by atoms with van der Waals surface area (Å²) in [7, 11) is -3.42. The van der Waals surface area contributed by atoms with Gasteiger partial charge in [0.1, 0.15) is 0 Å². The Kier molecular flexibility index (Phi) is 6.81. The SMILES string of the molecule is Cc1ccc(S(=O)(=NC#N)NC(=O)Nc2c(C(C)C)cccc2C(C)C)cc1. The molecule has 2 rings (SSSR count). The molecule has 0 saturated heterocycles. The van der Waals surface area contributed by atoms with Gasteiger partial charge < -0.3 is 5.32 Å². The maximum absolute atomic E-state index is 13.2. The van der Waals surface area contributed by atoms with Crippen LogP contribution in [-0.4, -0.2) is 10.2 Å². The van der Waals surface area contributed by atoms with Crippen molar-refractivity contribution < 1.29 is 9.00 Å². The Balaban J connectivity index is 2.40. The summed E-state index contributed by atoms with van der Waals surface area (Å²) in [5, 5.41) is 11.8. The first kappa shape index (κ1) is 21.5. The summed E-state index contributed by atoms with van der Waals surface area (Å²) < 4.78 is 19.1. The number of aryl methyl sites for hydroxylation is 1. The number of hydrogen-bond acceptors (Lipinski definition) is 4. The topological polar surface area (TPSA) is 94.3 Å². The maximum atomic E-state index is 13.2. The molecule has 0 heterocycles. The molecule has 0 bridgehead atoms. The molecule has 0 aromatic heterocycles. The van der Waals surface area contributed by atoms with E-state index in [0.29, 0.717) is 5.69 Å². The summed E-state index contributed by atoms with van der Waals surface area (Å²) in [6.07, 6.45) is 1.56. The lowest BCUT2D eigenvalue weighted by Crippen LogP contribution is -2.34. The van der Waals surface area contributed by atoms with E-state index in [1.54, 1.807) is 30.5 Å². The Hall–Kier alpha value is -2.85. The van der Waals surface area contributed by atoms with Crippen LogP contribution >= 0.6 is 0 Å². The number of carbonyl (C=O) groups is 1. The number of rotatable bonds is 5. The van der Waals surface area contributed by atoms with Crippen molar-refractivity contribution in [3.63, 3.8) is 0 Å². The number of anilines is 1.